The number of nitrogens with zero attached hydrogens (tertiary/aromatic N) is 1. The van der Waals surface area contributed by atoms with E-state index in [9.17, 15) is 4.79 Å². The van der Waals surface area contributed by atoms with E-state index in [1.807, 2.05) is 34.6 Å². The van der Waals surface area contributed by atoms with Crippen LogP contribution in [0.15, 0.2) is 0 Å². The molecule has 0 bridgehead atoms. The van der Waals surface area contributed by atoms with E-state index in [-0.39, 0.29) is 11.4 Å². The highest BCUT2D eigenvalue weighted by molar-refractivity contribution is 5.79. The normalized spacial score (nSPS) is 11.5. The van der Waals surface area contributed by atoms with Crippen molar-refractivity contribution in [1.29, 1.82) is 0 Å². The topological polar surface area (TPSA) is 57.8 Å². The zero-order valence-electron chi connectivity index (χ0n) is 10.1. The highest BCUT2D eigenvalue weighted by Crippen LogP contribution is 2.10. The van der Waals surface area contributed by atoms with Gasteiger partial charge < -0.3 is 5.32 Å². The summed E-state index contributed by atoms with van der Waals surface area (Å²) in [4.78, 5) is 11.7. The van der Waals surface area contributed by atoms with E-state index in [1.54, 1.807) is 0 Å². The maximum atomic E-state index is 11.7. The molecule has 0 saturated carbocycles. The number of H-pyrrole nitrogens is 1. The Morgan fingerprint density at radius 2 is 2.00 bits per heavy atom. The maximum absolute atomic E-state index is 11.7. The van der Waals surface area contributed by atoms with Crippen LogP contribution in [-0.2, 0) is 11.2 Å². The number of carbonyl (C=O) groups is 1. The van der Waals surface area contributed by atoms with Gasteiger partial charge in [-0.15, -0.1) is 0 Å². The van der Waals surface area contributed by atoms with Crippen LogP contribution in [0.4, 0.5) is 0 Å². The molecule has 0 atom stereocenters. The first-order chi connectivity index (χ1) is 6.79. The Morgan fingerprint density at radius 3 is 2.40 bits per heavy atom. The molecule has 1 aromatic rings. The van der Waals surface area contributed by atoms with Gasteiger partial charge in [-0.2, -0.15) is 5.10 Å². The standard InChI is InChI=1S/C11H19N3O/c1-7-9(8(2)14-13-7)6-10(15)12-11(3,4)5/h6H2,1-5H3,(H,12,15)(H,13,14). The van der Waals surface area contributed by atoms with Gasteiger partial charge in [-0.3, -0.25) is 9.89 Å². The summed E-state index contributed by atoms with van der Waals surface area (Å²) >= 11 is 0. The van der Waals surface area contributed by atoms with Gasteiger partial charge in [-0.05, 0) is 34.6 Å². The second kappa shape index (κ2) is 4.04. The van der Waals surface area contributed by atoms with Crippen LogP contribution in [0.25, 0.3) is 0 Å². The number of aromatic nitrogens is 2. The molecule has 0 fully saturated rings. The first-order valence-corrected chi connectivity index (χ1v) is 5.11. The first kappa shape index (κ1) is 11.8. The fraction of sp³-hybridized carbons (Fsp3) is 0.636. The lowest BCUT2D eigenvalue weighted by Crippen LogP contribution is -2.41. The Balaban J connectivity index is 2.67. The van der Waals surface area contributed by atoms with E-state index >= 15 is 0 Å². The fourth-order valence-corrected chi connectivity index (χ4v) is 1.46. The summed E-state index contributed by atoms with van der Waals surface area (Å²) in [5.41, 5.74) is 2.69. The minimum Gasteiger partial charge on any atom is -0.351 e. The third kappa shape index (κ3) is 3.38. The summed E-state index contributed by atoms with van der Waals surface area (Å²) in [7, 11) is 0. The number of aryl methyl sites for hydroxylation is 2. The third-order valence-electron chi connectivity index (χ3n) is 2.13. The smallest absolute Gasteiger partial charge is 0.224 e. The van der Waals surface area contributed by atoms with Crippen molar-refractivity contribution in [2.45, 2.75) is 46.6 Å². The van der Waals surface area contributed by atoms with Crippen LogP contribution in [0, 0.1) is 13.8 Å². The van der Waals surface area contributed by atoms with Crippen molar-refractivity contribution in [2.24, 2.45) is 0 Å². The second-order valence-corrected chi connectivity index (χ2v) is 4.89. The van der Waals surface area contributed by atoms with Crippen LogP contribution in [-0.4, -0.2) is 21.6 Å². The summed E-state index contributed by atoms with van der Waals surface area (Å²) in [6.07, 6.45) is 0.394. The van der Waals surface area contributed by atoms with Crippen LogP contribution in [0.5, 0.6) is 0 Å². The number of aromatic amines is 1. The molecule has 0 aliphatic heterocycles. The van der Waals surface area contributed by atoms with E-state index in [0.717, 1.165) is 17.0 Å². The number of carbonyl (C=O) groups excluding carboxylic acids is 1. The molecular formula is C11H19N3O. The molecule has 1 aromatic heterocycles. The van der Waals surface area contributed by atoms with Gasteiger partial charge >= 0.3 is 0 Å². The molecule has 4 nitrogen and oxygen atoms in total. The van der Waals surface area contributed by atoms with Crippen LogP contribution >= 0.6 is 0 Å². The van der Waals surface area contributed by atoms with Crippen molar-refractivity contribution >= 4 is 5.91 Å². The Hall–Kier alpha value is -1.32. The Bertz CT molecular complexity index is 341. The summed E-state index contributed by atoms with van der Waals surface area (Å²) in [6, 6.07) is 0. The maximum Gasteiger partial charge on any atom is 0.224 e. The van der Waals surface area contributed by atoms with E-state index in [2.05, 4.69) is 15.5 Å². The van der Waals surface area contributed by atoms with Crippen molar-refractivity contribution in [1.82, 2.24) is 15.5 Å². The van der Waals surface area contributed by atoms with Gasteiger partial charge in [-0.1, -0.05) is 0 Å². The van der Waals surface area contributed by atoms with Gasteiger partial charge in [-0.25, -0.2) is 0 Å². The summed E-state index contributed by atoms with van der Waals surface area (Å²) < 4.78 is 0. The van der Waals surface area contributed by atoms with E-state index < -0.39 is 0 Å². The molecule has 0 aromatic carbocycles. The molecule has 0 aliphatic rings. The van der Waals surface area contributed by atoms with Gasteiger partial charge in [0.2, 0.25) is 5.91 Å². The number of amides is 1. The van der Waals surface area contributed by atoms with Crippen LogP contribution in [0.3, 0.4) is 0 Å². The lowest BCUT2D eigenvalue weighted by atomic mass is 10.1. The quantitative estimate of drug-likeness (QED) is 0.775. The number of nitrogens with one attached hydrogen (secondary N) is 2. The fourth-order valence-electron chi connectivity index (χ4n) is 1.46. The molecule has 1 heterocycles. The number of rotatable bonds is 2. The van der Waals surface area contributed by atoms with E-state index in [0.29, 0.717) is 6.42 Å². The molecule has 0 unspecified atom stereocenters. The summed E-state index contributed by atoms with van der Waals surface area (Å²) in [6.45, 7) is 9.75. The van der Waals surface area contributed by atoms with Crippen LogP contribution in [0.1, 0.15) is 37.7 Å². The van der Waals surface area contributed by atoms with Gasteiger partial charge in [0.1, 0.15) is 0 Å². The van der Waals surface area contributed by atoms with Gasteiger partial charge in [0.05, 0.1) is 12.1 Å². The third-order valence-corrected chi connectivity index (χ3v) is 2.13. The monoisotopic (exact) mass is 209 g/mol. The average Bonchev–Trinajstić information content (AvgIpc) is 2.32. The summed E-state index contributed by atoms with van der Waals surface area (Å²) in [5.74, 6) is 0.0371. The molecule has 4 heteroatoms. The van der Waals surface area contributed by atoms with Crippen LogP contribution in [0.2, 0.25) is 0 Å². The summed E-state index contributed by atoms with van der Waals surface area (Å²) in [5, 5.41) is 9.87. The molecule has 84 valence electrons. The molecular weight excluding hydrogens is 190 g/mol. The Kier molecular flexibility index (Phi) is 3.17. The minimum absolute atomic E-state index is 0.0371. The largest absolute Gasteiger partial charge is 0.351 e. The predicted octanol–water partition coefficient (Wildman–Crippen LogP) is 1.48. The number of hydrogen-bond donors (Lipinski definition) is 2. The highest BCUT2D eigenvalue weighted by atomic mass is 16.1. The molecule has 0 saturated heterocycles. The van der Waals surface area contributed by atoms with Gasteiger partial charge in [0.25, 0.3) is 0 Å². The van der Waals surface area contributed by atoms with E-state index in [4.69, 9.17) is 0 Å². The predicted molar refractivity (Wildman–Crippen MR) is 59.7 cm³/mol. The van der Waals surface area contributed by atoms with Crippen LogP contribution < -0.4 is 5.32 Å². The van der Waals surface area contributed by atoms with Crippen molar-refractivity contribution < 1.29 is 4.79 Å². The zero-order valence-corrected chi connectivity index (χ0v) is 10.1. The minimum atomic E-state index is -0.178. The van der Waals surface area contributed by atoms with Gasteiger partial charge in [0.15, 0.2) is 0 Å². The molecule has 15 heavy (non-hydrogen) atoms. The Labute approximate surface area is 90.5 Å². The van der Waals surface area contributed by atoms with Crippen molar-refractivity contribution in [3.8, 4) is 0 Å². The molecule has 1 rings (SSSR count). The average molecular weight is 209 g/mol. The number of hydrogen-bond acceptors (Lipinski definition) is 2. The highest BCUT2D eigenvalue weighted by Gasteiger charge is 2.16. The zero-order chi connectivity index (χ0) is 11.6. The van der Waals surface area contributed by atoms with Crippen molar-refractivity contribution in [3.63, 3.8) is 0 Å². The van der Waals surface area contributed by atoms with Gasteiger partial charge in [0, 0.05) is 16.8 Å². The molecule has 0 spiro atoms. The first-order valence-electron chi connectivity index (χ1n) is 5.11. The second-order valence-electron chi connectivity index (χ2n) is 4.89. The van der Waals surface area contributed by atoms with Crippen molar-refractivity contribution in [2.75, 3.05) is 0 Å². The lowest BCUT2D eigenvalue weighted by molar-refractivity contribution is -0.121. The molecule has 2 N–H and O–H groups in total. The lowest BCUT2D eigenvalue weighted by Gasteiger charge is -2.20. The molecule has 1 amide bonds. The van der Waals surface area contributed by atoms with E-state index in [1.165, 1.54) is 0 Å². The van der Waals surface area contributed by atoms with Crippen molar-refractivity contribution in [3.05, 3.63) is 17.0 Å². The Morgan fingerprint density at radius 1 is 1.40 bits per heavy atom. The SMILES string of the molecule is Cc1n[nH]c(C)c1CC(=O)NC(C)(C)C. The molecule has 0 radical (unpaired) electrons. The molecule has 0 aliphatic carbocycles.